The normalized spacial score (nSPS) is 44.0. The lowest BCUT2D eigenvalue weighted by atomic mass is 9.79. The fourth-order valence-electron chi connectivity index (χ4n) is 21.3. The minimum atomic E-state index is -1.49. The summed E-state index contributed by atoms with van der Waals surface area (Å²) in [5, 5.41) is 116. The largest absolute Gasteiger partial charge is 0.462 e. The Morgan fingerprint density at radius 3 is 1.17 bits per heavy atom. The Morgan fingerprint density at radius 2 is 0.830 bits per heavy atom. The van der Waals surface area contributed by atoms with Crippen molar-refractivity contribution in [2.75, 3.05) is 103 Å². The summed E-state index contributed by atoms with van der Waals surface area (Å²) >= 11 is 0. The van der Waals surface area contributed by atoms with Gasteiger partial charge in [0.2, 0.25) is 0 Å². The summed E-state index contributed by atoms with van der Waals surface area (Å²) in [7, 11) is 13.0. The van der Waals surface area contributed by atoms with Gasteiger partial charge in [0, 0.05) is 83.2 Å². The van der Waals surface area contributed by atoms with E-state index >= 15 is 0 Å². The Balaban J connectivity index is 0.000000402. The Labute approximate surface area is 839 Å². The number of methoxy groups -OCH3 is 4. The highest BCUT2D eigenvalue weighted by atomic mass is 16.8. The van der Waals surface area contributed by atoms with Crippen LogP contribution < -0.4 is 5.32 Å². The van der Waals surface area contributed by atoms with Crippen molar-refractivity contribution in [1.82, 2.24) is 20.0 Å². The van der Waals surface area contributed by atoms with Gasteiger partial charge in [0.1, 0.15) is 91.7 Å². The van der Waals surface area contributed by atoms with Crippen LogP contribution in [0.1, 0.15) is 228 Å². The summed E-state index contributed by atoms with van der Waals surface area (Å²) in [6.45, 7) is 33.0. The van der Waals surface area contributed by atoms with Crippen LogP contribution in [0.15, 0.2) is 47.6 Å². The second-order valence-corrected chi connectivity index (χ2v) is 41.6. The molecule has 0 aromatic carbocycles. The number of likely N-dealkylation sites (N-methyl/N-ethyl adjacent to an activating group) is 2. The fraction of sp³-hybridized carbons (Fsp3) is 0.875. The predicted molar refractivity (Wildman–Crippen MR) is 525 cm³/mol. The summed E-state index contributed by atoms with van der Waals surface area (Å²) in [4.78, 5) is 73.9. The fourth-order valence-corrected chi connectivity index (χ4v) is 21.3. The van der Waals surface area contributed by atoms with Crippen molar-refractivity contribution >= 4 is 29.8 Å². The van der Waals surface area contributed by atoms with E-state index in [-0.39, 0.29) is 77.7 Å². The number of aliphatic hydroxyl groups excluding tert-OH is 8. The molecular formula is C104H184N4O33. The Hall–Kier alpha value is -4.29. The molecule has 42 unspecified atom stereocenters. The van der Waals surface area contributed by atoms with Gasteiger partial charge in [-0.25, -0.2) is 0 Å². The zero-order valence-electron chi connectivity index (χ0n) is 87.1. The number of rotatable bonds is 27. The molecule has 10 aliphatic rings. The second-order valence-electron chi connectivity index (χ2n) is 41.6. The average molecular weight is 2020 g/mol. The molecule has 11 N–H and O–H groups in total. The van der Waals surface area contributed by atoms with Crippen molar-refractivity contribution < 1.29 is 160 Å². The van der Waals surface area contributed by atoms with Crippen LogP contribution in [0.4, 0.5) is 0 Å². The van der Waals surface area contributed by atoms with Gasteiger partial charge in [0.15, 0.2) is 49.3 Å². The first-order valence-corrected chi connectivity index (χ1v) is 50.9. The van der Waals surface area contributed by atoms with Gasteiger partial charge >= 0.3 is 11.9 Å². The standard InChI is InChI=1S/C51H88N2O16.C46H77NO17.C5H11N.2CH4/c1-13-38-35(27-63-50-47(62-12)46(61-11)42(57)31(5)65-50)23-28(2)17-18-36(54)29(3)24-34(19-22-53-20-15-14-16-21-53)44(30(4)37(55)25-39(56)67-38)69-49-43(58)41(52(9)10)45(32(6)66-49)68-40-26-51(8,60)48(59)33(7)64-40;1-13-33-30(22-58-45-42(57-12)41(56-11)37(52)26(5)60-45)18-23(2)14-15-31(49)24(3)19-29(16-17-48)39(25(4)32(50)20-34(51)62-33)64-44-38(53)36(47(9)10)40(27(6)61-44)63-35-21-46(8,55)43(54)28(7)59-35;1-2-4-6-5-3-1;;/h17-18,23,29-35,37-38,40-50,55,57-60H,13-16,19-22,24-27H2,1-12H3;14-15,17-18,24-30,32-33,35-45,50,52-55H,13,16,19-22H2,1-12H3;6H,1-5H2;2*1H4/b18-17+,28-23+;15-14+,23-18+;;;. The highest BCUT2D eigenvalue weighted by molar-refractivity contribution is 5.92. The summed E-state index contributed by atoms with van der Waals surface area (Å²) in [5.74, 6) is -6.31. The van der Waals surface area contributed by atoms with Gasteiger partial charge in [-0.3, -0.25) is 19.2 Å². The summed E-state index contributed by atoms with van der Waals surface area (Å²) < 4.78 is 110. The number of nitrogens with zero attached hydrogens (tertiary/aromatic N) is 3. The molecule has 141 heavy (non-hydrogen) atoms. The molecule has 8 fully saturated rings. The highest BCUT2D eigenvalue weighted by Gasteiger charge is 2.56. The maximum absolute atomic E-state index is 14.1. The number of carbonyl (C=O) groups is 5. The second kappa shape index (κ2) is 59.3. The number of hydrogen-bond donors (Lipinski definition) is 11. The van der Waals surface area contributed by atoms with E-state index in [1.807, 2.05) is 79.6 Å². The number of allylic oxidation sites excluding steroid dienone is 6. The molecule has 37 nitrogen and oxygen atoms in total. The molecule has 0 aliphatic carbocycles. The van der Waals surface area contributed by atoms with Gasteiger partial charge in [-0.15, -0.1) is 0 Å². The van der Waals surface area contributed by atoms with Crippen LogP contribution in [-0.4, -0.2) is 406 Å². The van der Waals surface area contributed by atoms with E-state index in [2.05, 4.69) is 10.2 Å². The maximum Gasteiger partial charge on any atom is 0.308 e. The molecule has 0 aromatic heterocycles. The molecule has 0 amide bonds. The van der Waals surface area contributed by atoms with Crippen LogP contribution in [0.3, 0.4) is 0 Å². The van der Waals surface area contributed by atoms with Crippen molar-refractivity contribution in [2.45, 2.75) is 436 Å². The van der Waals surface area contributed by atoms with Crippen molar-refractivity contribution in [1.29, 1.82) is 0 Å². The van der Waals surface area contributed by atoms with Gasteiger partial charge in [0.05, 0.1) is 110 Å². The van der Waals surface area contributed by atoms with Crippen LogP contribution in [0.25, 0.3) is 0 Å². The van der Waals surface area contributed by atoms with Crippen LogP contribution >= 0.6 is 0 Å². The zero-order chi connectivity index (χ0) is 103. The molecule has 10 rings (SSSR count). The number of piperidine rings is 2. The molecule has 10 aliphatic heterocycles. The number of carbonyl (C=O) groups excluding carboxylic acids is 5. The first kappa shape index (κ1) is 125. The lowest BCUT2D eigenvalue weighted by Gasteiger charge is -2.50. The first-order chi connectivity index (χ1) is 65.7. The van der Waals surface area contributed by atoms with Gasteiger partial charge in [-0.2, -0.15) is 0 Å². The number of esters is 2. The van der Waals surface area contributed by atoms with Crippen LogP contribution in [0, 0.1) is 47.3 Å². The molecule has 8 saturated heterocycles. The number of hydrogen-bond acceptors (Lipinski definition) is 37. The van der Waals surface area contributed by atoms with Gasteiger partial charge in [0.25, 0.3) is 0 Å². The Morgan fingerprint density at radius 1 is 0.461 bits per heavy atom. The molecule has 0 radical (unpaired) electrons. The van der Waals surface area contributed by atoms with Gasteiger partial charge in [-0.1, -0.05) is 105 Å². The molecule has 37 heteroatoms. The van der Waals surface area contributed by atoms with E-state index in [4.69, 9.17) is 85.3 Å². The molecule has 818 valence electrons. The maximum atomic E-state index is 14.1. The van der Waals surface area contributed by atoms with Crippen molar-refractivity contribution in [3.8, 4) is 0 Å². The molecule has 0 saturated carbocycles. The van der Waals surface area contributed by atoms with E-state index in [1.165, 1.54) is 87.1 Å². The minimum absolute atomic E-state index is 0. The number of ketones is 2. The van der Waals surface area contributed by atoms with E-state index in [0.29, 0.717) is 31.3 Å². The number of aliphatic hydroxyl groups is 10. The Bertz CT molecular complexity index is 3780. The predicted octanol–water partition coefficient (Wildman–Crippen LogP) is 6.99. The monoisotopic (exact) mass is 2020 g/mol. The third-order valence-electron chi connectivity index (χ3n) is 29.9. The van der Waals surface area contributed by atoms with E-state index in [0.717, 1.165) is 44.3 Å². The minimum Gasteiger partial charge on any atom is -0.462 e. The van der Waals surface area contributed by atoms with Crippen molar-refractivity contribution in [3.63, 3.8) is 0 Å². The molecule has 42 atom stereocenters. The number of cyclic esters (lactones) is 2. The van der Waals surface area contributed by atoms with E-state index in [9.17, 15) is 75.0 Å². The average Bonchev–Trinajstić information content (AvgIpc) is 0.775. The quantitative estimate of drug-likeness (QED) is 0.0291. The Kier molecular flexibility index (Phi) is 52.8. The highest BCUT2D eigenvalue weighted by Crippen LogP contribution is 2.43. The van der Waals surface area contributed by atoms with Crippen LogP contribution in [0.2, 0.25) is 0 Å². The smallest absolute Gasteiger partial charge is 0.308 e. The lowest BCUT2D eigenvalue weighted by Crippen LogP contribution is -2.65. The van der Waals surface area contributed by atoms with Crippen molar-refractivity contribution in [2.24, 2.45) is 47.3 Å². The molecule has 0 aromatic rings. The lowest BCUT2D eigenvalue weighted by molar-refractivity contribution is -0.342. The first-order valence-electron chi connectivity index (χ1n) is 50.9. The SMILES string of the molecule is C.C.C1CCNCC1.CCC1OC(=O)CC(O)C(C)C(OC2OC(C)C(OC3CC(C)(O)C(O)C(C)O3)C(N(C)C)C2O)C(CC=O)CC(C)C(=O)/C=C/C(C)=C/C1COC1OC(C)C(O)C(OC)C1OC.CCC1OC(=O)CC(O)C(C)C(OC2OC(C)C(OC3CC(C)(O)C(O)C(C)O3)C(N(C)C)C2O)C(CCN2CCCCC2)CC(C)C(=O)/C=C/C(C)=C/C1COC1OC(C)C(O)C(OC)C1OC. The summed E-state index contributed by atoms with van der Waals surface area (Å²) in [6.07, 6.45) is -7.95. The molecule has 0 bridgehead atoms. The number of aldehydes is 1. The van der Waals surface area contributed by atoms with Crippen LogP contribution in [0.5, 0.6) is 0 Å². The van der Waals surface area contributed by atoms with Gasteiger partial charge < -0.3 is 161 Å². The topological polar surface area (TPSA) is 476 Å². The van der Waals surface area contributed by atoms with Crippen molar-refractivity contribution in [3.05, 3.63) is 47.6 Å². The van der Waals surface area contributed by atoms with E-state index < -0.39 is 267 Å². The molecular weight excluding hydrogens is 1830 g/mol. The number of likely N-dealkylation sites (tertiary alicyclic amines) is 1. The van der Waals surface area contributed by atoms with E-state index in [1.54, 1.807) is 85.7 Å². The number of ether oxygens (including phenoxy) is 18. The number of nitrogens with one attached hydrogen (secondary N) is 1. The molecule has 10 heterocycles. The summed E-state index contributed by atoms with van der Waals surface area (Å²) in [5.41, 5.74) is -1.53. The summed E-state index contributed by atoms with van der Waals surface area (Å²) in [6, 6.07) is -1.43. The van der Waals surface area contributed by atoms with Gasteiger partial charge in [-0.05, 0) is 212 Å². The third-order valence-corrected chi connectivity index (χ3v) is 29.9. The van der Waals surface area contributed by atoms with Crippen LogP contribution in [-0.2, 0) is 109 Å². The zero-order valence-corrected chi connectivity index (χ0v) is 87.1. The third kappa shape index (κ3) is 34.9. The molecule has 0 spiro atoms.